The summed E-state index contributed by atoms with van der Waals surface area (Å²) < 4.78 is 5.72. The number of halogens is 2. The molecule has 2 N–H and O–H groups in total. The standard InChI is InChI=1S/C24H21Cl2N3O3/c1-2-17-6-3-4-9-22(17)28-23(30)24(31)29-27-14-16-10-12-18(13-11-16)32-15-19-20(25)7-5-8-21(19)26/h3-14H,2,15H2,1H3,(H,28,30)(H,29,31)/b27-14-. The van der Waals surface area contributed by atoms with Crippen LogP contribution in [0.3, 0.4) is 0 Å². The highest BCUT2D eigenvalue weighted by Gasteiger charge is 2.14. The lowest BCUT2D eigenvalue weighted by Crippen LogP contribution is -2.32. The number of hydrogen-bond donors (Lipinski definition) is 2. The summed E-state index contributed by atoms with van der Waals surface area (Å²) in [5, 5.41) is 7.51. The SMILES string of the molecule is CCc1ccccc1NC(=O)C(=O)N/N=C\c1ccc(OCc2c(Cl)cccc2Cl)cc1. The third kappa shape index (κ3) is 6.33. The first-order valence-corrected chi connectivity index (χ1v) is 10.6. The Morgan fingerprint density at radius 3 is 2.31 bits per heavy atom. The third-order valence-electron chi connectivity index (χ3n) is 4.56. The van der Waals surface area contributed by atoms with Crippen LogP contribution >= 0.6 is 23.2 Å². The maximum atomic E-state index is 12.1. The van der Waals surface area contributed by atoms with Crippen molar-refractivity contribution in [1.29, 1.82) is 0 Å². The lowest BCUT2D eigenvalue weighted by molar-refractivity contribution is -0.136. The molecule has 0 bridgehead atoms. The van der Waals surface area contributed by atoms with Gasteiger partial charge in [0, 0.05) is 21.3 Å². The molecule has 164 valence electrons. The number of anilines is 1. The molecule has 0 unspecified atom stereocenters. The second-order valence-electron chi connectivity index (χ2n) is 6.72. The molecule has 2 amide bonds. The van der Waals surface area contributed by atoms with Crippen LogP contribution in [-0.2, 0) is 22.6 Å². The van der Waals surface area contributed by atoms with Crippen molar-refractivity contribution in [1.82, 2.24) is 5.43 Å². The molecule has 0 aliphatic heterocycles. The highest BCUT2D eigenvalue weighted by molar-refractivity contribution is 6.39. The Morgan fingerprint density at radius 1 is 0.938 bits per heavy atom. The van der Waals surface area contributed by atoms with Crippen molar-refractivity contribution in [2.75, 3.05) is 5.32 Å². The number of para-hydroxylation sites is 1. The molecule has 6 nitrogen and oxygen atoms in total. The van der Waals surface area contributed by atoms with Crippen molar-refractivity contribution in [2.45, 2.75) is 20.0 Å². The van der Waals surface area contributed by atoms with E-state index in [2.05, 4.69) is 15.8 Å². The number of nitrogens with one attached hydrogen (secondary N) is 2. The molecular weight excluding hydrogens is 449 g/mol. The Balaban J connectivity index is 1.51. The molecule has 0 fully saturated rings. The topological polar surface area (TPSA) is 79.8 Å². The van der Waals surface area contributed by atoms with Crippen LogP contribution in [0.5, 0.6) is 5.75 Å². The zero-order chi connectivity index (χ0) is 22.9. The maximum absolute atomic E-state index is 12.1. The van der Waals surface area contributed by atoms with E-state index < -0.39 is 11.8 Å². The molecule has 32 heavy (non-hydrogen) atoms. The molecule has 0 atom stereocenters. The summed E-state index contributed by atoms with van der Waals surface area (Å²) in [6, 6.07) is 19.6. The van der Waals surface area contributed by atoms with Gasteiger partial charge in [-0.15, -0.1) is 0 Å². The number of hydrogen-bond acceptors (Lipinski definition) is 4. The fourth-order valence-electron chi connectivity index (χ4n) is 2.82. The Bertz CT molecular complexity index is 1110. The van der Waals surface area contributed by atoms with Crippen LogP contribution in [0.15, 0.2) is 71.8 Å². The van der Waals surface area contributed by atoms with Crippen molar-refractivity contribution in [3.63, 3.8) is 0 Å². The van der Waals surface area contributed by atoms with Crippen LogP contribution in [0.2, 0.25) is 10.0 Å². The van der Waals surface area contributed by atoms with Gasteiger partial charge in [0.15, 0.2) is 0 Å². The molecule has 0 aliphatic rings. The molecule has 3 rings (SSSR count). The summed E-state index contributed by atoms with van der Waals surface area (Å²) in [6.45, 7) is 2.20. The van der Waals surface area contributed by atoms with Crippen LogP contribution in [-0.4, -0.2) is 18.0 Å². The molecule has 0 aliphatic carbocycles. The minimum atomic E-state index is -0.858. The van der Waals surface area contributed by atoms with Crippen molar-refractivity contribution in [3.05, 3.63) is 93.5 Å². The largest absolute Gasteiger partial charge is 0.489 e. The van der Waals surface area contributed by atoms with Gasteiger partial charge in [0.1, 0.15) is 12.4 Å². The summed E-state index contributed by atoms with van der Waals surface area (Å²) in [6.07, 6.45) is 2.17. The van der Waals surface area contributed by atoms with Gasteiger partial charge in [0.25, 0.3) is 0 Å². The zero-order valence-corrected chi connectivity index (χ0v) is 18.8. The minimum absolute atomic E-state index is 0.234. The number of carbonyl (C=O) groups is 2. The van der Waals surface area contributed by atoms with Gasteiger partial charge >= 0.3 is 11.8 Å². The lowest BCUT2D eigenvalue weighted by Gasteiger charge is -2.09. The molecule has 0 saturated heterocycles. The van der Waals surface area contributed by atoms with E-state index in [1.807, 2.05) is 19.1 Å². The Hall–Kier alpha value is -3.35. The monoisotopic (exact) mass is 469 g/mol. The van der Waals surface area contributed by atoms with E-state index in [9.17, 15) is 9.59 Å². The number of hydrazone groups is 1. The number of nitrogens with zero attached hydrogens (tertiary/aromatic N) is 1. The van der Waals surface area contributed by atoms with E-state index in [0.717, 1.165) is 12.0 Å². The predicted molar refractivity (Wildman–Crippen MR) is 127 cm³/mol. The molecular formula is C24H21Cl2N3O3. The van der Waals surface area contributed by atoms with E-state index in [4.69, 9.17) is 27.9 Å². The number of benzene rings is 3. The maximum Gasteiger partial charge on any atom is 0.329 e. The smallest absolute Gasteiger partial charge is 0.329 e. The van der Waals surface area contributed by atoms with Crippen molar-refractivity contribution in [2.24, 2.45) is 5.10 Å². The Morgan fingerprint density at radius 2 is 1.62 bits per heavy atom. The average Bonchev–Trinajstić information content (AvgIpc) is 2.80. The quantitative estimate of drug-likeness (QED) is 0.282. The van der Waals surface area contributed by atoms with E-state index in [0.29, 0.717) is 32.6 Å². The van der Waals surface area contributed by atoms with Gasteiger partial charge in [-0.25, -0.2) is 5.43 Å². The third-order valence-corrected chi connectivity index (χ3v) is 5.27. The van der Waals surface area contributed by atoms with Gasteiger partial charge in [0.2, 0.25) is 0 Å². The Labute approximate surface area is 196 Å². The summed E-state index contributed by atoms with van der Waals surface area (Å²) in [5.74, 6) is -1.02. The highest BCUT2D eigenvalue weighted by atomic mass is 35.5. The van der Waals surface area contributed by atoms with E-state index in [-0.39, 0.29) is 6.61 Å². The molecule has 3 aromatic carbocycles. The molecule has 0 aromatic heterocycles. The van der Waals surface area contributed by atoms with Crippen LogP contribution < -0.4 is 15.5 Å². The van der Waals surface area contributed by atoms with Gasteiger partial charge in [-0.1, -0.05) is 54.4 Å². The van der Waals surface area contributed by atoms with Crippen LogP contribution in [0.1, 0.15) is 23.6 Å². The average molecular weight is 470 g/mol. The van der Waals surface area contributed by atoms with Gasteiger partial charge in [-0.2, -0.15) is 5.10 Å². The van der Waals surface area contributed by atoms with E-state index in [1.165, 1.54) is 6.21 Å². The molecule has 0 saturated carbocycles. The van der Waals surface area contributed by atoms with Gasteiger partial charge in [-0.3, -0.25) is 9.59 Å². The van der Waals surface area contributed by atoms with Gasteiger partial charge < -0.3 is 10.1 Å². The summed E-state index contributed by atoms with van der Waals surface area (Å²) in [4.78, 5) is 24.1. The number of aryl methyl sites for hydroxylation is 1. The fraction of sp³-hybridized carbons (Fsp3) is 0.125. The number of amides is 2. The fourth-order valence-corrected chi connectivity index (χ4v) is 3.33. The normalized spacial score (nSPS) is 10.7. The van der Waals surface area contributed by atoms with Crippen LogP contribution in [0.4, 0.5) is 5.69 Å². The zero-order valence-electron chi connectivity index (χ0n) is 17.3. The van der Waals surface area contributed by atoms with Crippen molar-refractivity contribution < 1.29 is 14.3 Å². The molecule has 8 heteroatoms. The second kappa shape index (κ2) is 11.3. The van der Waals surface area contributed by atoms with E-state index in [1.54, 1.807) is 54.6 Å². The first kappa shape index (κ1) is 23.3. The first-order chi connectivity index (χ1) is 15.5. The van der Waals surface area contributed by atoms with Crippen LogP contribution in [0.25, 0.3) is 0 Å². The van der Waals surface area contributed by atoms with Crippen molar-refractivity contribution in [3.8, 4) is 5.75 Å². The van der Waals surface area contributed by atoms with Crippen molar-refractivity contribution >= 4 is 46.9 Å². The van der Waals surface area contributed by atoms with E-state index >= 15 is 0 Å². The summed E-state index contributed by atoms with van der Waals surface area (Å²) in [5.41, 5.74) is 5.19. The summed E-state index contributed by atoms with van der Waals surface area (Å²) >= 11 is 12.3. The number of carbonyl (C=O) groups excluding carboxylic acids is 2. The Kier molecular flexibility index (Phi) is 8.25. The minimum Gasteiger partial charge on any atom is -0.489 e. The molecule has 0 radical (unpaired) electrons. The summed E-state index contributed by atoms with van der Waals surface area (Å²) in [7, 11) is 0. The number of rotatable bonds is 7. The highest BCUT2D eigenvalue weighted by Crippen LogP contribution is 2.25. The molecule has 0 heterocycles. The molecule has 3 aromatic rings. The first-order valence-electron chi connectivity index (χ1n) is 9.86. The van der Waals surface area contributed by atoms with Gasteiger partial charge in [-0.05, 0) is 60.0 Å². The predicted octanol–water partition coefficient (Wildman–Crippen LogP) is 5.22. The second-order valence-corrected chi connectivity index (χ2v) is 7.54. The molecule has 0 spiro atoms. The number of ether oxygens (including phenoxy) is 1. The van der Waals surface area contributed by atoms with Gasteiger partial charge in [0.05, 0.1) is 6.21 Å². The van der Waals surface area contributed by atoms with Crippen LogP contribution in [0, 0.1) is 0 Å². The lowest BCUT2D eigenvalue weighted by atomic mass is 10.1.